The van der Waals surface area contributed by atoms with Crippen molar-refractivity contribution in [3.8, 4) is 0 Å². The minimum absolute atomic E-state index is 0.107. The maximum absolute atomic E-state index is 12.6. The normalized spacial score (nSPS) is 15.4. The van der Waals surface area contributed by atoms with E-state index in [2.05, 4.69) is 9.97 Å². The Morgan fingerprint density at radius 2 is 2.15 bits per heavy atom. The molecule has 140 valence electrons. The number of nitrogens with zero attached hydrogens (tertiary/aromatic N) is 2. The zero-order valence-corrected chi connectivity index (χ0v) is 15.1. The van der Waals surface area contributed by atoms with Gasteiger partial charge >= 0.3 is 0 Å². The van der Waals surface area contributed by atoms with Gasteiger partial charge in [-0.15, -0.1) is 0 Å². The van der Waals surface area contributed by atoms with Crippen LogP contribution < -0.4 is 5.56 Å². The number of piperidine rings is 1. The van der Waals surface area contributed by atoms with E-state index in [-0.39, 0.29) is 17.4 Å². The van der Waals surface area contributed by atoms with Crippen molar-refractivity contribution in [3.63, 3.8) is 0 Å². The van der Waals surface area contributed by atoms with Gasteiger partial charge in [-0.05, 0) is 43.2 Å². The van der Waals surface area contributed by atoms with E-state index in [0.717, 1.165) is 18.5 Å². The van der Waals surface area contributed by atoms with E-state index in [9.17, 15) is 9.59 Å². The number of fused-ring (bicyclic) bond motifs is 1. The summed E-state index contributed by atoms with van der Waals surface area (Å²) in [6.45, 7) is 1.58. The SMILES string of the molecule is COCc1ccc(C(=O)N2CCC(c3cc4ncccc4c(=O)[nH]3)CC2)o1. The lowest BCUT2D eigenvalue weighted by Crippen LogP contribution is -2.38. The predicted octanol–water partition coefficient (Wildman–Crippen LogP) is 2.68. The first-order valence-electron chi connectivity index (χ1n) is 9.00. The molecule has 0 bridgehead atoms. The first kappa shape index (κ1) is 17.5. The number of H-pyrrole nitrogens is 1. The third-order valence-electron chi connectivity index (χ3n) is 5.01. The van der Waals surface area contributed by atoms with E-state index in [1.807, 2.05) is 6.07 Å². The summed E-state index contributed by atoms with van der Waals surface area (Å²) in [7, 11) is 1.58. The van der Waals surface area contributed by atoms with Gasteiger partial charge in [0.2, 0.25) is 0 Å². The number of ether oxygens (including phenoxy) is 1. The van der Waals surface area contributed by atoms with Crippen molar-refractivity contribution >= 4 is 16.8 Å². The minimum atomic E-state index is -0.115. The molecule has 1 N–H and O–H groups in total. The highest BCUT2D eigenvalue weighted by atomic mass is 16.5. The lowest BCUT2D eigenvalue weighted by atomic mass is 9.92. The lowest BCUT2D eigenvalue weighted by molar-refractivity contribution is 0.0672. The topological polar surface area (TPSA) is 88.4 Å². The smallest absolute Gasteiger partial charge is 0.289 e. The largest absolute Gasteiger partial charge is 0.453 e. The quantitative estimate of drug-likeness (QED) is 0.766. The Kier molecular flexibility index (Phi) is 4.77. The summed E-state index contributed by atoms with van der Waals surface area (Å²) in [5.41, 5.74) is 1.48. The molecular formula is C20H21N3O4. The van der Waals surface area contributed by atoms with Gasteiger partial charge in [0.1, 0.15) is 12.4 Å². The van der Waals surface area contributed by atoms with Crippen molar-refractivity contribution in [2.75, 3.05) is 20.2 Å². The number of hydrogen-bond acceptors (Lipinski definition) is 5. The summed E-state index contributed by atoms with van der Waals surface area (Å²) < 4.78 is 10.6. The summed E-state index contributed by atoms with van der Waals surface area (Å²) in [4.78, 5) is 34.0. The van der Waals surface area contributed by atoms with Crippen LogP contribution in [-0.4, -0.2) is 41.0 Å². The highest BCUT2D eigenvalue weighted by Crippen LogP contribution is 2.28. The van der Waals surface area contributed by atoms with Gasteiger partial charge in [0.15, 0.2) is 5.76 Å². The number of rotatable bonds is 4. The molecule has 0 saturated carbocycles. The van der Waals surface area contributed by atoms with Gasteiger partial charge in [0.05, 0.1) is 10.9 Å². The Balaban J connectivity index is 1.45. The van der Waals surface area contributed by atoms with E-state index >= 15 is 0 Å². The third kappa shape index (κ3) is 3.50. The van der Waals surface area contributed by atoms with Crippen LogP contribution >= 0.6 is 0 Å². The average Bonchev–Trinajstić information content (AvgIpc) is 3.16. The number of amides is 1. The third-order valence-corrected chi connectivity index (χ3v) is 5.01. The summed E-state index contributed by atoms with van der Waals surface area (Å²) in [5.74, 6) is 1.07. The molecule has 0 spiro atoms. The molecule has 0 aromatic carbocycles. The van der Waals surface area contributed by atoms with Crippen molar-refractivity contribution in [2.45, 2.75) is 25.4 Å². The van der Waals surface area contributed by atoms with Crippen molar-refractivity contribution in [2.24, 2.45) is 0 Å². The summed E-state index contributed by atoms with van der Waals surface area (Å²) in [6.07, 6.45) is 3.26. The Morgan fingerprint density at radius 3 is 2.93 bits per heavy atom. The van der Waals surface area contributed by atoms with Crippen LogP contribution in [0, 0.1) is 0 Å². The summed E-state index contributed by atoms with van der Waals surface area (Å²) in [6, 6.07) is 8.93. The fourth-order valence-corrected chi connectivity index (χ4v) is 3.59. The number of carbonyl (C=O) groups is 1. The molecule has 0 radical (unpaired) electrons. The summed E-state index contributed by atoms with van der Waals surface area (Å²) in [5, 5.41) is 0.596. The van der Waals surface area contributed by atoms with E-state index in [1.54, 1.807) is 42.5 Å². The fourth-order valence-electron chi connectivity index (χ4n) is 3.59. The van der Waals surface area contributed by atoms with Gasteiger partial charge < -0.3 is 19.0 Å². The van der Waals surface area contributed by atoms with Crippen molar-refractivity contribution in [1.29, 1.82) is 0 Å². The van der Waals surface area contributed by atoms with Gasteiger partial charge in [0.25, 0.3) is 11.5 Å². The molecule has 4 rings (SSSR count). The van der Waals surface area contributed by atoms with Crippen LogP contribution in [0.5, 0.6) is 0 Å². The molecular weight excluding hydrogens is 346 g/mol. The Labute approximate surface area is 156 Å². The molecule has 1 saturated heterocycles. The predicted molar refractivity (Wildman–Crippen MR) is 99.7 cm³/mol. The molecule has 1 fully saturated rings. The first-order valence-corrected chi connectivity index (χ1v) is 9.00. The first-order chi connectivity index (χ1) is 13.2. The van der Waals surface area contributed by atoms with E-state index in [1.165, 1.54) is 0 Å². The number of methoxy groups -OCH3 is 1. The second kappa shape index (κ2) is 7.36. The van der Waals surface area contributed by atoms with Crippen LogP contribution in [0.4, 0.5) is 0 Å². The van der Waals surface area contributed by atoms with Gasteiger partial charge in [-0.25, -0.2) is 0 Å². The number of nitrogens with one attached hydrogen (secondary N) is 1. The number of carbonyl (C=O) groups excluding carboxylic acids is 1. The fraction of sp³-hybridized carbons (Fsp3) is 0.350. The Bertz CT molecular complexity index is 1020. The number of likely N-dealkylation sites (tertiary alicyclic amines) is 1. The maximum Gasteiger partial charge on any atom is 0.289 e. The lowest BCUT2D eigenvalue weighted by Gasteiger charge is -2.31. The molecule has 7 nitrogen and oxygen atoms in total. The van der Waals surface area contributed by atoms with Gasteiger partial charge in [-0.2, -0.15) is 0 Å². The Morgan fingerprint density at radius 1 is 1.33 bits per heavy atom. The van der Waals surface area contributed by atoms with Crippen LogP contribution in [0.1, 0.15) is 40.8 Å². The monoisotopic (exact) mass is 367 g/mol. The van der Waals surface area contributed by atoms with Crippen molar-refractivity contribution in [3.05, 3.63) is 64.1 Å². The number of pyridine rings is 2. The number of aromatic nitrogens is 2. The number of hydrogen-bond donors (Lipinski definition) is 1. The molecule has 0 aliphatic carbocycles. The van der Waals surface area contributed by atoms with Gasteiger partial charge in [-0.3, -0.25) is 14.6 Å². The maximum atomic E-state index is 12.6. The van der Waals surface area contributed by atoms with Crippen LogP contribution in [-0.2, 0) is 11.3 Å². The molecule has 27 heavy (non-hydrogen) atoms. The molecule has 3 aromatic rings. The average molecular weight is 367 g/mol. The molecule has 1 amide bonds. The van der Waals surface area contributed by atoms with Crippen molar-refractivity contribution in [1.82, 2.24) is 14.9 Å². The molecule has 1 aliphatic heterocycles. The highest BCUT2D eigenvalue weighted by molar-refractivity contribution is 5.91. The molecule has 0 atom stereocenters. The van der Waals surface area contributed by atoms with Gasteiger partial charge in [0, 0.05) is 38.0 Å². The molecule has 0 unspecified atom stereocenters. The minimum Gasteiger partial charge on any atom is -0.453 e. The van der Waals surface area contributed by atoms with Gasteiger partial charge in [-0.1, -0.05) is 0 Å². The van der Waals surface area contributed by atoms with Crippen molar-refractivity contribution < 1.29 is 13.9 Å². The van der Waals surface area contributed by atoms with Crippen LogP contribution in [0.15, 0.2) is 45.7 Å². The van der Waals surface area contributed by atoms with E-state index in [0.29, 0.717) is 42.1 Å². The van der Waals surface area contributed by atoms with Crippen LogP contribution in [0.3, 0.4) is 0 Å². The second-order valence-corrected chi connectivity index (χ2v) is 6.76. The highest BCUT2D eigenvalue weighted by Gasteiger charge is 2.27. The van der Waals surface area contributed by atoms with Crippen LogP contribution in [0.2, 0.25) is 0 Å². The zero-order chi connectivity index (χ0) is 18.8. The molecule has 4 heterocycles. The molecule has 3 aromatic heterocycles. The number of furan rings is 1. The standard InChI is InChI=1S/C20H21N3O4/c1-26-12-14-4-5-18(27-14)20(25)23-9-6-13(7-10-23)16-11-17-15(19(24)22-16)3-2-8-21-17/h2-5,8,11,13H,6-7,9-10,12H2,1H3,(H,22,24). The molecule has 1 aliphatic rings. The van der Waals surface area contributed by atoms with Crippen LogP contribution in [0.25, 0.3) is 10.9 Å². The second-order valence-electron chi connectivity index (χ2n) is 6.76. The number of aromatic amines is 1. The zero-order valence-electron chi connectivity index (χ0n) is 15.1. The van der Waals surface area contributed by atoms with E-state index < -0.39 is 0 Å². The molecule has 7 heteroatoms. The Hall–Kier alpha value is -2.93. The van der Waals surface area contributed by atoms with E-state index in [4.69, 9.17) is 9.15 Å². The summed E-state index contributed by atoms with van der Waals surface area (Å²) >= 11 is 0.